The van der Waals surface area contributed by atoms with Gasteiger partial charge in [0.05, 0.1) is 49.8 Å². The molecule has 3 heterocycles. The van der Waals surface area contributed by atoms with E-state index in [1.54, 1.807) is 64.3 Å². The van der Waals surface area contributed by atoms with Crippen molar-refractivity contribution in [1.29, 1.82) is 0 Å². The molecular weight excluding hydrogens is 490 g/mol. The molecule has 5 aromatic rings. The van der Waals surface area contributed by atoms with Crippen LogP contribution in [0.25, 0.3) is 0 Å². The van der Waals surface area contributed by atoms with E-state index >= 15 is 0 Å². The van der Waals surface area contributed by atoms with Crippen molar-refractivity contribution in [2.24, 2.45) is 0 Å². The van der Waals surface area contributed by atoms with Crippen molar-refractivity contribution in [3.05, 3.63) is 132 Å². The Hall–Kier alpha value is -4.37. The number of hydrogen-bond acceptors (Lipinski definition) is 6. The van der Waals surface area contributed by atoms with E-state index in [1.807, 2.05) is 36.4 Å². The molecule has 0 spiro atoms. The van der Waals surface area contributed by atoms with Gasteiger partial charge in [0.25, 0.3) is 5.91 Å². The Kier molecular flexibility index (Phi) is 7.04. The summed E-state index contributed by atoms with van der Waals surface area (Å²) in [5.41, 5.74) is 2.15. The van der Waals surface area contributed by atoms with Crippen LogP contribution in [0.15, 0.2) is 118 Å². The highest BCUT2D eigenvalue weighted by Crippen LogP contribution is 2.22. The minimum atomic E-state index is -3.78. The first-order valence-electron chi connectivity index (χ1n) is 11.7. The van der Waals surface area contributed by atoms with Crippen LogP contribution in [0.2, 0.25) is 0 Å². The number of benzene rings is 2. The standard InChI is InChI=1S/C28H25N3O5S/c32-27(26-14-8-16-36-26)30(20-25-13-7-15-35-25)19-24-17-29-28(31(24)18-22-9-3-1-4-10-22)37(33,34)21-23-11-5-2-6-12-23/h1-17H,18-21H2. The second kappa shape index (κ2) is 10.7. The van der Waals surface area contributed by atoms with Gasteiger partial charge >= 0.3 is 0 Å². The number of sulfone groups is 1. The molecule has 0 atom stereocenters. The summed E-state index contributed by atoms with van der Waals surface area (Å²) in [5.74, 6) is 0.242. The predicted octanol–water partition coefficient (Wildman–Crippen LogP) is 4.93. The van der Waals surface area contributed by atoms with Gasteiger partial charge in [-0.3, -0.25) is 4.79 Å². The van der Waals surface area contributed by atoms with Crippen molar-refractivity contribution < 1.29 is 22.0 Å². The van der Waals surface area contributed by atoms with Crippen LogP contribution < -0.4 is 0 Å². The van der Waals surface area contributed by atoms with Crippen LogP contribution in [0.5, 0.6) is 0 Å². The Balaban J connectivity index is 1.52. The number of hydrogen-bond donors (Lipinski definition) is 0. The molecule has 8 nitrogen and oxygen atoms in total. The largest absolute Gasteiger partial charge is 0.467 e. The highest BCUT2D eigenvalue weighted by atomic mass is 32.2. The summed E-state index contributed by atoms with van der Waals surface area (Å²) in [6.07, 6.45) is 4.50. The molecule has 0 bridgehead atoms. The molecule has 0 saturated carbocycles. The fourth-order valence-electron chi connectivity index (χ4n) is 4.10. The maximum Gasteiger partial charge on any atom is 0.290 e. The first-order valence-corrected chi connectivity index (χ1v) is 13.3. The van der Waals surface area contributed by atoms with Crippen molar-refractivity contribution in [3.63, 3.8) is 0 Å². The van der Waals surface area contributed by atoms with Gasteiger partial charge in [0.15, 0.2) is 5.76 Å². The van der Waals surface area contributed by atoms with Crippen molar-refractivity contribution >= 4 is 15.7 Å². The lowest BCUT2D eigenvalue weighted by molar-refractivity contribution is 0.0681. The third-order valence-corrected chi connectivity index (χ3v) is 7.46. The molecule has 0 saturated heterocycles. The van der Waals surface area contributed by atoms with Gasteiger partial charge in [0.2, 0.25) is 15.0 Å². The number of imidazole rings is 1. The molecule has 0 aliphatic rings. The number of carbonyl (C=O) groups excluding carboxylic acids is 1. The Morgan fingerprint density at radius 1 is 0.811 bits per heavy atom. The lowest BCUT2D eigenvalue weighted by Gasteiger charge is -2.22. The molecule has 3 aromatic heterocycles. The summed E-state index contributed by atoms with van der Waals surface area (Å²) in [4.78, 5) is 19.2. The van der Waals surface area contributed by atoms with Gasteiger partial charge in [-0.2, -0.15) is 0 Å². The van der Waals surface area contributed by atoms with E-state index in [9.17, 15) is 13.2 Å². The van der Waals surface area contributed by atoms with Crippen molar-refractivity contribution in [1.82, 2.24) is 14.5 Å². The summed E-state index contributed by atoms with van der Waals surface area (Å²) in [5, 5.41) is -0.0430. The number of nitrogens with zero attached hydrogens (tertiary/aromatic N) is 3. The second-order valence-electron chi connectivity index (χ2n) is 8.57. The van der Waals surface area contributed by atoms with Crippen LogP contribution >= 0.6 is 0 Å². The minimum Gasteiger partial charge on any atom is -0.467 e. The van der Waals surface area contributed by atoms with Gasteiger partial charge in [0, 0.05) is 0 Å². The molecule has 0 radical (unpaired) electrons. The van der Waals surface area contributed by atoms with Crippen LogP contribution in [0, 0.1) is 0 Å². The van der Waals surface area contributed by atoms with Gasteiger partial charge in [-0.05, 0) is 35.4 Å². The Morgan fingerprint density at radius 2 is 1.49 bits per heavy atom. The number of amides is 1. The van der Waals surface area contributed by atoms with Crippen molar-refractivity contribution in [2.45, 2.75) is 30.5 Å². The highest BCUT2D eigenvalue weighted by molar-refractivity contribution is 7.90. The fraction of sp³-hybridized carbons (Fsp3) is 0.143. The Bertz CT molecular complexity index is 1540. The van der Waals surface area contributed by atoms with E-state index in [2.05, 4.69) is 4.98 Å². The number of furan rings is 2. The first-order chi connectivity index (χ1) is 18.0. The van der Waals surface area contributed by atoms with E-state index < -0.39 is 9.84 Å². The van der Waals surface area contributed by atoms with E-state index in [4.69, 9.17) is 8.83 Å². The monoisotopic (exact) mass is 515 g/mol. The molecule has 5 rings (SSSR count). The van der Waals surface area contributed by atoms with Gasteiger partial charge in [0.1, 0.15) is 5.76 Å². The van der Waals surface area contributed by atoms with Gasteiger partial charge in [-0.1, -0.05) is 60.7 Å². The van der Waals surface area contributed by atoms with Crippen molar-refractivity contribution in [3.8, 4) is 0 Å². The lowest BCUT2D eigenvalue weighted by Crippen LogP contribution is -2.31. The summed E-state index contributed by atoms with van der Waals surface area (Å²) >= 11 is 0. The summed E-state index contributed by atoms with van der Waals surface area (Å²) in [6.45, 7) is 0.555. The molecular formula is C28H25N3O5S. The average molecular weight is 516 g/mol. The highest BCUT2D eigenvalue weighted by Gasteiger charge is 2.27. The summed E-state index contributed by atoms with van der Waals surface area (Å²) < 4.78 is 39.5. The van der Waals surface area contributed by atoms with E-state index in [-0.39, 0.29) is 42.2 Å². The second-order valence-corrected chi connectivity index (χ2v) is 10.4. The van der Waals surface area contributed by atoms with Crippen LogP contribution in [-0.2, 0) is 35.2 Å². The molecule has 0 aliphatic heterocycles. The maximum absolute atomic E-state index is 13.5. The van der Waals surface area contributed by atoms with E-state index in [0.717, 1.165) is 5.56 Å². The first kappa shape index (κ1) is 24.3. The molecule has 0 aliphatic carbocycles. The average Bonchev–Trinajstić information content (AvgIpc) is 3.68. The minimum absolute atomic E-state index is 0.0430. The SMILES string of the molecule is O=C(c1ccco1)N(Cc1ccco1)Cc1cnc(S(=O)(=O)Cc2ccccc2)n1Cc1ccccc1. The quantitative estimate of drug-likeness (QED) is 0.261. The van der Waals surface area contributed by atoms with Gasteiger partial charge in [-0.15, -0.1) is 0 Å². The third kappa shape index (κ3) is 5.73. The predicted molar refractivity (Wildman–Crippen MR) is 136 cm³/mol. The van der Waals surface area contributed by atoms with Crippen LogP contribution in [0.1, 0.15) is 33.1 Å². The molecule has 0 unspecified atom stereocenters. The molecule has 37 heavy (non-hydrogen) atoms. The normalized spacial score (nSPS) is 11.5. The van der Waals surface area contributed by atoms with Crippen LogP contribution in [0.4, 0.5) is 0 Å². The zero-order valence-electron chi connectivity index (χ0n) is 19.9. The number of carbonyl (C=O) groups is 1. The summed E-state index contributed by atoms with van der Waals surface area (Å²) in [7, 11) is -3.78. The number of rotatable bonds is 10. The molecule has 188 valence electrons. The summed E-state index contributed by atoms with van der Waals surface area (Å²) in [6, 6.07) is 25.3. The fourth-order valence-corrected chi connectivity index (χ4v) is 5.59. The zero-order valence-corrected chi connectivity index (χ0v) is 20.8. The molecule has 0 fully saturated rings. The smallest absolute Gasteiger partial charge is 0.290 e. The van der Waals surface area contributed by atoms with Gasteiger partial charge in [-0.25, -0.2) is 13.4 Å². The topological polar surface area (TPSA) is 98.6 Å². The van der Waals surface area contributed by atoms with E-state index in [0.29, 0.717) is 17.0 Å². The lowest BCUT2D eigenvalue weighted by atomic mass is 10.2. The zero-order chi connectivity index (χ0) is 25.7. The van der Waals surface area contributed by atoms with Gasteiger partial charge < -0.3 is 18.3 Å². The number of aromatic nitrogens is 2. The Morgan fingerprint density at radius 3 is 2.14 bits per heavy atom. The molecule has 2 aromatic carbocycles. The maximum atomic E-state index is 13.5. The third-order valence-electron chi connectivity index (χ3n) is 5.86. The van der Waals surface area contributed by atoms with E-state index in [1.165, 1.54) is 12.5 Å². The molecule has 1 amide bonds. The van der Waals surface area contributed by atoms with Crippen molar-refractivity contribution in [2.75, 3.05) is 0 Å². The van der Waals surface area contributed by atoms with Crippen LogP contribution in [0.3, 0.4) is 0 Å². The molecule has 0 N–H and O–H groups in total. The van der Waals surface area contributed by atoms with Crippen LogP contribution in [-0.4, -0.2) is 28.8 Å². The molecule has 9 heteroatoms. The Labute approximate surface area is 214 Å².